The standard InChI is InChI=1S/C16H28N4O/c1-7-20(11-15(21)19(5)6)16-13(4)8-14(10-18-16)9-17-12(2)3/h8,10,12,17H,7,9,11H2,1-6H3. The maximum atomic E-state index is 11.9. The van der Waals surface area contributed by atoms with Gasteiger partial charge in [0.05, 0.1) is 6.54 Å². The molecule has 0 aliphatic heterocycles. The molecule has 1 aromatic heterocycles. The lowest BCUT2D eigenvalue weighted by Gasteiger charge is -2.25. The average Bonchev–Trinajstić information content (AvgIpc) is 2.42. The van der Waals surface area contributed by atoms with Crippen molar-refractivity contribution < 1.29 is 4.79 Å². The van der Waals surface area contributed by atoms with Gasteiger partial charge in [-0.25, -0.2) is 4.98 Å². The molecule has 1 N–H and O–H groups in total. The fourth-order valence-corrected chi connectivity index (χ4v) is 2.02. The Labute approximate surface area is 128 Å². The summed E-state index contributed by atoms with van der Waals surface area (Å²) in [6.45, 7) is 10.3. The van der Waals surface area contributed by atoms with Crippen molar-refractivity contribution >= 4 is 11.7 Å². The first-order chi connectivity index (χ1) is 9.85. The van der Waals surface area contributed by atoms with Crippen LogP contribution in [0.1, 0.15) is 31.9 Å². The minimum atomic E-state index is 0.0867. The number of likely N-dealkylation sites (N-methyl/N-ethyl adjacent to an activating group) is 2. The summed E-state index contributed by atoms with van der Waals surface area (Å²) < 4.78 is 0. The van der Waals surface area contributed by atoms with Gasteiger partial charge in [0.25, 0.3) is 0 Å². The number of rotatable bonds is 7. The van der Waals surface area contributed by atoms with Crippen LogP contribution in [0.15, 0.2) is 12.3 Å². The van der Waals surface area contributed by atoms with Crippen molar-refractivity contribution in [3.05, 3.63) is 23.4 Å². The van der Waals surface area contributed by atoms with Crippen molar-refractivity contribution in [3.63, 3.8) is 0 Å². The first-order valence-electron chi connectivity index (χ1n) is 7.49. The highest BCUT2D eigenvalue weighted by atomic mass is 16.2. The third-order valence-corrected chi connectivity index (χ3v) is 3.33. The molecular weight excluding hydrogens is 264 g/mol. The molecule has 0 aromatic carbocycles. The van der Waals surface area contributed by atoms with Gasteiger partial charge in [-0.3, -0.25) is 4.79 Å². The number of aryl methyl sites for hydroxylation is 1. The Hall–Kier alpha value is -1.62. The summed E-state index contributed by atoms with van der Waals surface area (Å²) in [6.07, 6.45) is 1.89. The van der Waals surface area contributed by atoms with E-state index < -0.39 is 0 Å². The smallest absolute Gasteiger partial charge is 0.241 e. The molecule has 0 saturated carbocycles. The predicted octanol–water partition coefficient (Wildman–Crippen LogP) is 1.80. The fourth-order valence-electron chi connectivity index (χ4n) is 2.02. The quantitative estimate of drug-likeness (QED) is 0.832. The Morgan fingerprint density at radius 2 is 2.05 bits per heavy atom. The second-order valence-electron chi connectivity index (χ2n) is 5.82. The van der Waals surface area contributed by atoms with E-state index >= 15 is 0 Å². The molecule has 0 saturated heterocycles. The molecule has 5 nitrogen and oxygen atoms in total. The topological polar surface area (TPSA) is 48.5 Å². The summed E-state index contributed by atoms with van der Waals surface area (Å²) in [5, 5.41) is 3.38. The number of pyridine rings is 1. The van der Waals surface area contributed by atoms with Crippen LogP contribution in [0.4, 0.5) is 5.82 Å². The van der Waals surface area contributed by atoms with E-state index in [0.717, 1.165) is 24.5 Å². The Morgan fingerprint density at radius 1 is 1.38 bits per heavy atom. The van der Waals surface area contributed by atoms with Crippen molar-refractivity contribution in [2.45, 2.75) is 40.3 Å². The zero-order valence-electron chi connectivity index (χ0n) is 14.1. The first-order valence-corrected chi connectivity index (χ1v) is 7.49. The van der Waals surface area contributed by atoms with Crippen LogP contribution < -0.4 is 10.2 Å². The Bertz CT molecular complexity index is 471. The van der Waals surface area contributed by atoms with Crippen LogP contribution in [0.5, 0.6) is 0 Å². The minimum absolute atomic E-state index is 0.0867. The van der Waals surface area contributed by atoms with Crippen molar-refractivity contribution in [3.8, 4) is 0 Å². The molecule has 1 heterocycles. The molecule has 21 heavy (non-hydrogen) atoms. The lowest BCUT2D eigenvalue weighted by molar-refractivity contribution is -0.127. The van der Waals surface area contributed by atoms with Gasteiger partial charge in [-0.1, -0.05) is 13.8 Å². The number of nitrogens with zero attached hydrogens (tertiary/aromatic N) is 3. The van der Waals surface area contributed by atoms with E-state index in [-0.39, 0.29) is 5.91 Å². The number of aromatic nitrogens is 1. The van der Waals surface area contributed by atoms with Gasteiger partial charge in [0.1, 0.15) is 5.82 Å². The van der Waals surface area contributed by atoms with Gasteiger partial charge in [-0.05, 0) is 31.0 Å². The number of carbonyl (C=O) groups excluding carboxylic acids is 1. The summed E-state index contributed by atoms with van der Waals surface area (Å²) >= 11 is 0. The second kappa shape index (κ2) is 7.98. The number of anilines is 1. The van der Waals surface area contributed by atoms with Gasteiger partial charge >= 0.3 is 0 Å². The van der Waals surface area contributed by atoms with Gasteiger partial charge < -0.3 is 15.1 Å². The van der Waals surface area contributed by atoms with Crippen molar-refractivity contribution in [1.29, 1.82) is 0 Å². The molecule has 0 fully saturated rings. The van der Waals surface area contributed by atoms with E-state index in [9.17, 15) is 4.79 Å². The zero-order chi connectivity index (χ0) is 16.0. The van der Waals surface area contributed by atoms with E-state index in [4.69, 9.17) is 0 Å². The summed E-state index contributed by atoms with van der Waals surface area (Å²) in [6, 6.07) is 2.59. The van der Waals surface area contributed by atoms with Crippen LogP contribution in [0, 0.1) is 6.92 Å². The lowest BCUT2D eigenvalue weighted by atomic mass is 10.2. The minimum Gasteiger partial charge on any atom is -0.347 e. The number of nitrogens with one attached hydrogen (secondary N) is 1. The highest BCUT2D eigenvalue weighted by Crippen LogP contribution is 2.18. The number of carbonyl (C=O) groups is 1. The molecule has 0 bridgehead atoms. The van der Waals surface area contributed by atoms with Gasteiger partial charge in [-0.15, -0.1) is 0 Å². The van der Waals surface area contributed by atoms with E-state index in [1.165, 1.54) is 5.56 Å². The normalized spacial score (nSPS) is 10.8. The maximum Gasteiger partial charge on any atom is 0.241 e. The highest BCUT2D eigenvalue weighted by Gasteiger charge is 2.14. The van der Waals surface area contributed by atoms with E-state index in [1.54, 1.807) is 19.0 Å². The molecular formula is C16H28N4O. The molecule has 0 aliphatic carbocycles. The molecule has 0 atom stereocenters. The largest absolute Gasteiger partial charge is 0.347 e. The second-order valence-corrected chi connectivity index (χ2v) is 5.82. The molecule has 1 rings (SSSR count). The number of hydrogen-bond donors (Lipinski definition) is 1. The molecule has 1 aromatic rings. The SMILES string of the molecule is CCN(CC(=O)N(C)C)c1ncc(CNC(C)C)cc1C. The first kappa shape index (κ1) is 17.4. The Kier molecular flexibility index (Phi) is 6.62. The van der Waals surface area contributed by atoms with Crippen LogP contribution in [0.25, 0.3) is 0 Å². The summed E-state index contributed by atoms with van der Waals surface area (Å²) in [7, 11) is 3.55. The maximum absolute atomic E-state index is 11.9. The van der Waals surface area contributed by atoms with Crippen LogP contribution >= 0.6 is 0 Å². The molecule has 118 valence electrons. The van der Waals surface area contributed by atoms with Crippen molar-refractivity contribution in [1.82, 2.24) is 15.2 Å². The van der Waals surface area contributed by atoms with Crippen LogP contribution in [0.2, 0.25) is 0 Å². The molecule has 5 heteroatoms. The van der Waals surface area contributed by atoms with Crippen molar-refractivity contribution in [2.75, 3.05) is 32.1 Å². The highest BCUT2D eigenvalue weighted by molar-refractivity contribution is 5.80. The van der Waals surface area contributed by atoms with Crippen LogP contribution in [-0.4, -0.2) is 49.0 Å². The van der Waals surface area contributed by atoms with Crippen LogP contribution in [0.3, 0.4) is 0 Å². The third-order valence-electron chi connectivity index (χ3n) is 3.33. The summed E-state index contributed by atoms with van der Waals surface area (Å²) in [4.78, 5) is 20.1. The van der Waals surface area contributed by atoms with Crippen LogP contribution in [-0.2, 0) is 11.3 Å². The number of hydrogen-bond acceptors (Lipinski definition) is 4. The van der Waals surface area contributed by atoms with Gasteiger partial charge in [-0.2, -0.15) is 0 Å². The van der Waals surface area contributed by atoms with Gasteiger partial charge in [0, 0.05) is 39.4 Å². The van der Waals surface area contributed by atoms with E-state index in [1.807, 2.05) is 24.9 Å². The fraction of sp³-hybridized carbons (Fsp3) is 0.625. The van der Waals surface area contributed by atoms with Gasteiger partial charge in [0.15, 0.2) is 0 Å². The molecule has 0 spiro atoms. The van der Waals surface area contributed by atoms with Crippen molar-refractivity contribution in [2.24, 2.45) is 0 Å². The number of amides is 1. The predicted molar refractivity (Wildman–Crippen MR) is 87.5 cm³/mol. The lowest BCUT2D eigenvalue weighted by Crippen LogP contribution is -2.37. The molecule has 0 unspecified atom stereocenters. The monoisotopic (exact) mass is 292 g/mol. The average molecular weight is 292 g/mol. The molecule has 1 amide bonds. The Balaban J connectivity index is 2.83. The summed E-state index contributed by atoms with van der Waals surface area (Å²) in [5.41, 5.74) is 2.27. The molecule has 0 aliphatic rings. The van der Waals surface area contributed by atoms with E-state index in [0.29, 0.717) is 12.6 Å². The summed E-state index contributed by atoms with van der Waals surface area (Å²) in [5.74, 6) is 0.976. The molecule has 0 radical (unpaired) electrons. The van der Waals surface area contributed by atoms with Gasteiger partial charge in [0.2, 0.25) is 5.91 Å². The Morgan fingerprint density at radius 3 is 2.52 bits per heavy atom. The van der Waals surface area contributed by atoms with E-state index in [2.05, 4.69) is 30.2 Å². The zero-order valence-corrected chi connectivity index (χ0v) is 14.1. The third kappa shape index (κ3) is 5.34.